The van der Waals surface area contributed by atoms with Gasteiger partial charge in [-0.3, -0.25) is 4.79 Å². The van der Waals surface area contributed by atoms with Gasteiger partial charge in [0.1, 0.15) is 10.4 Å². The summed E-state index contributed by atoms with van der Waals surface area (Å²) in [4.78, 5) is 11.4. The van der Waals surface area contributed by atoms with E-state index >= 15 is 0 Å². The van der Waals surface area contributed by atoms with Gasteiger partial charge < -0.3 is 4.74 Å². The Labute approximate surface area is 87.5 Å². The molecule has 0 N–H and O–H groups in total. The molecule has 0 fully saturated rings. The zero-order valence-corrected chi connectivity index (χ0v) is 9.63. The number of carbonyl (C=O) groups excluding carboxylic acids is 1. The topological polar surface area (TPSA) is 26.3 Å². The number of esters is 1. The van der Waals surface area contributed by atoms with Gasteiger partial charge in [0.2, 0.25) is 0 Å². The minimum atomic E-state index is -0.571. The van der Waals surface area contributed by atoms with Crippen molar-refractivity contribution in [2.45, 2.75) is 43.5 Å². The molecule has 1 atom stereocenters. The van der Waals surface area contributed by atoms with E-state index in [1.807, 2.05) is 6.08 Å². The van der Waals surface area contributed by atoms with E-state index in [0.29, 0.717) is 0 Å². The third kappa shape index (κ3) is 3.51. The standard InChI is InChI=1S/C10H15BrO2/c1-10(2,11)9(12)13-8-6-4-3-5-7-8/h4,6,8H,3,5,7H2,1-2H3. The molecule has 0 aromatic heterocycles. The van der Waals surface area contributed by atoms with Crippen LogP contribution in [0.2, 0.25) is 0 Å². The van der Waals surface area contributed by atoms with Crippen LogP contribution in [-0.4, -0.2) is 16.4 Å². The lowest BCUT2D eigenvalue weighted by Crippen LogP contribution is -2.30. The Kier molecular flexibility index (Phi) is 3.54. The Morgan fingerprint density at radius 1 is 1.62 bits per heavy atom. The van der Waals surface area contributed by atoms with E-state index in [1.165, 1.54) is 0 Å². The highest BCUT2D eigenvalue weighted by Gasteiger charge is 2.27. The monoisotopic (exact) mass is 246 g/mol. The van der Waals surface area contributed by atoms with Gasteiger partial charge in [0.25, 0.3) is 0 Å². The minimum Gasteiger partial charge on any atom is -0.457 e. The fraction of sp³-hybridized carbons (Fsp3) is 0.700. The molecule has 1 unspecified atom stereocenters. The van der Waals surface area contributed by atoms with Gasteiger partial charge in [0, 0.05) is 0 Å². The number of rotatable bonds is 2. The predicted molar refractivity (Wildman–Crippen MR) is 55.9 cm³/mol. The van der Waals surface area contributed by atoms with Crippen molar-refractivity contribution in [3.05, 3.63) is 12.2 Å². The first kappa shape index (κ1) is 10.8. The third-order valence-electron chi connectivity index (χ3n) is 1.95. The molecule has 0 heterocycles. The van der Waals surface area contributed by atoms with Crippen LogP contribution in [0.4, 0.5) is 0 Å². The molecule has 1 rings (SSSR count). The number of halogens is 1. The Bertz CT molecular complexity index is 215. The molecule has 1 aliphatic carbocycles. The van der Waals surface area contributed by atoms with Crippen LogP contribution in [-0.2, 0) is 9.53 Å². The number of allylic oxidation sites excluding steroid dienone is 1. The van der Waals surface area contributed by atoms with Crippen LogP contribution in [0.1, 0.15) is 33.1 Å². The van der Waals surface area contributed by atoms with E-state index in [4.69, 9.17) is 4.74 Å². The van der Waals surface area contributed by atoms with Gasteiger partial charge in [-0.1, -0.05) is 22.0 Å². The summed E-state index contributed by atoms with van der Waals surface area (Å²) in [5, 5.41) is 0. The molecular formula is C10H15BrO2. The van der Waals surface area contributed by atoms with Crippen molar-refractivity contribution in [2.24, 2.45) is 0 Å². The SMILES string of the molecule is CC(C)(Br)C(=O)OC1C=CCCC1. The highest BCUT2D eigenvalue weighted by molar-refractivity contribution is 9.10. The van der Waals surface area contributed by atoms with E-state index < -0.39 is 4.32 Å². The summed E-state index contributed by atoms with van der Waals surface area (Å²) in [6, 6.07) is 0. The Morgan fingerprint density at radius 2 is 2.31 bits per heavy atom. The summed E-state index contributed by atoms with van der Waals surface area (Å²) in [6.45, 7) is 3.59. The van der Waals surface area contributed by atoms with Gasteiger partial charge in [-0.25, -0.2) is 0 Å². The van der Waals surface area contributed by atoms with E-state index in [1.54, 1.807) is 13.8 Å². The number of alkyl halides is 1. The van der Waals surface area contributed by atoms with Crippen LogP contribution in [0, 0.1) is 0 Å². The van der Waals surface area contributed by atoms with Gasteiger partial charge in [0.05, 0.1) is 0 Å². The van der Waals surface area contributed by atoms with Crippen LogP contribution >= 0.6 is 15.9 Å². The molecule has 0 saturated carbocycles. The first-order chi connectivity index (χ1) is 6.00. The number of hydrogen-bond donors (Lipinski definition) is 0. The normalized spacial score (nSPS) is 22.8. The number of carbonyl (C=O) groups is 1. The van der Waals surface area contributed by atoms with Crippen LogP contribution in [0.25, 0.3) is 0 Å². The maximum Gasteiger partial charge on any atom is 0.322 e. The Balaban J connectivity index is 2.44. The van der Waals surface area contributed by atoms with Gasteiger partial charge >= 0.3 is 5.97 Å². The van der Waals surface area contributed by atoms with Crippen molar-refractivity contribution >= 4 is 21.9 Å². The van der Waals surface area contributed by atoms with Gasteiger partial charge in [-0.05, 0) is 39.2 Å². The molecule has 0 saturated heterocycles. The van der Waals surface area contributed by atoms with Crippen LogP contribution < -0.4 is 0 Å². The molecule has 0 aromatic rings. The molecule has 0 aromatic carbocycles. The molecular weight excluding hydrogens is 232 g/mol. The molecule has 2 nitrogen and oxygen atoms in total. The second kappa shape index (κ2) is 4.27. The first-order valence-electron chi connectivity index (χ1n) is 4.57. The quantitative estimate of drug-likeness (QED) is 0.426. The zero-order chi connectivity index (χ0) is 9.90. The van der Waals surface area contributed by atoms with Crippen molar-refractivity contribution in [2.75, 3.05) is 0 Å². The van der Waals surface area contributed by atoms with E-state index in [-0.39, 0.29) is 12.1 Å². The highest BCUT2D eigenvalue weighted by atomic mass is 79.9. The molecule has 0 aliphatic heterocycles. The largest absolute Gasteiger partial charge is 0.457 e. The summed E-state index contributed by atoms with van der Waals surface area (Å²) < 4.78 is 4.71. The van der Waals surface area contributed by atoms with Crippen molar-refractivity contribution in [3.8, 4) is 0 Å². The average Bonchev–Trinajstić information content (AvgIpc) is 2.04. The van der Waals surface area contributed by atoms with Crippen molar-refractivity contribution < 1.29 is 9.53 Å². The Hall–Kier alpha value is -0.310. The lowest BCUT2D eigenvalue weighted by atomic mass is 10.1. The van der Waals surface area contributed by atoms with Crippen LogP contribution in [0.3, 0.4) is 0 Å². The summed E-state index contributed by atoms with van der Waals surface area (Å²) in [5.74, 6) is -0.191. The van der Waals surface area contributed by atoms with Crippen LogP contribution in [0.5, 0.6) is 0 Å². The maximum absolute atomic E-state index is 11.4. The second-order valence-corrected chi connectivity index (χ2v) is 5.76. The molecule has 0 spiro atoms. The van der Waals surface area contributed by atoms with E-state index in [9.17, 15) is 4.79 Å². The third-order valence-corrected chi connectivity index (χ3v) is 2.28. The van der Waals surface area contributed by atoms with Crippen LogP contribution in [0.15, 0.2) is 12.2 Å². The summed E-state index contributed by atoms with van der Waals surface area (Å²) in [7, 11) is 0. The number of ether oxygens (including phenoxy) is 1. The molecule has 3 heteroatoms. The number of hydrogen-bond acceptors (Lipinski definition) is 2. The van der Waals surface area contributed by atoms with Crippen molar-refractivity contribution in [1.82, 2.24) is 0 Å². The molecule has 74 valence electrons. The fourth-order valence-electron chi connectivity index (χ4n) is 1.16. The molecule has 13 heavy (non-hydrogen) atoms. The molecule has 0 amide bonds. The highest BCUT2D eigenvalue weighted by Crippen LogP contribution is 2.21. The molecule has 0 radical (unpaired) electrons. The second-order valence-electron chi connectivity index (χ2n) is 3.78. The van der Waals surface area contributed by atoms with Gasteiger partial charge in [-0.2, -0.15) is 0 Å². The maximum atomic E-state index is 11.4. The minimum absolute atomic E-state index is 0.0157. The van der Waals surface area contributed by atoms with E-state index in [0.717, 1.165) is 19.3 Å². The lowest BCUT2D eigenvalue weighted by molar-refractivity contribution is -0.149. The molecule has 1 aliphatic rings. The summed E-state index contributed by atoms with van der Waals surface area (Å²) in [6.07, 6.45) is 7.19. The first-order valence-corrected chi connectivity index (χ1v) is 5.36. The van der Waals surface area contributed by atoms with Gasteiger partial charge in [-0.15, -0.1) is 0 Å². The molecule has 0 bridgehead atoms. The lowest BCUT2D eigenvalue weighted by Gasteiger charge is -2.21. The predicted octanol–water partition coefficient (Wildman–Crippen LogP) is 2.81. The fourth-order valence-corrected chi connectivity index (χ4v) is 1.25. The smallest absolute Gasteiger partial charge is 0.322 e. The van der Waals surface area contributed by atoms with Crippen molar-refractivity contribution in [3.63, 3.8) is 0 Å². The van der Waals surface area contributed by atoms with Crippen molar-refractivity contribution in [1.29, 1.82) is 0 Å². The van der Waals surface area contributed by atoms with E-state index in [2.05, 4.69) is 22.0 Å². The Morgan fingerprint density at radius 3 is 2.77 bits per heavy atom. The zero-order valence-electron chi connectivity index (χ0n) is 8.05. The summed E-state index contributed by atoms with van der Waals surface area (Å²) >= 11 is 3.27. The van der Waals surface area contributed by atoms with Gasteiger partial charge in [0.15, 0.2) is 0 Å². The average molecular weight is 247 g/mol. The summed E-state index contributed by atoms with van der Waals surface area (Å²) in [5.41, 5.74) is 0.